The van der Waals surface area contributed by atoms with Gasteiger partial charge in [-0.05, 0) is 62.9 Å². The molecule has 1 aliphatic heterocycles. The van der Waals surface area contributed by atoms with E-state index in [2.05, 4.69) is 42.7 Å². The third kappa shape index (κ3) is 5.69. The molecule has 6 heteroatoms. The average Bonchev–Trinajstić information content (AvgIpc) is 2.74. The van der Waals surface area contributed by atoms with Gasteiger partial charge in [-0.1, -0.05) is 49.2 Å². The van der Waals surface area contributed by atoms with Gasteiger partial charge < -0.3 is 20.1 Å². The SMILES string of the molecule is CCCC1=C(C(=O)OC(C)C)C(c2ccc(OCc3cc(C)ccc3C)cc2)NC(=O)N1. The van der Waals surface area contributed by atoms with Gasteiger partial charge >= 0.3 is 12.0 Å². The lowest BCUT2D eigenvalue weighted by atomic mass is 9.93. The first-order valence-corrected chi connectivity index (χ1v) is 11.1. The molecule has 0 aromatic heterocycles. The molecule has 170 valence electrons. The van der Waals surface area contributed by atoms with Crippen molar-refractivity contribution in [3.63, 3.8) is 0 Å². The van der Waals surface area contributed by atoms with Gasteiger partial charge in [-0.3, -0.25) is 0 Å². The van der Waals surface area contributed by atoms with Crippen molar-refractivity contribution in [1.82, 2.24) is 10.6 Å². The topological polar surface area (TPSA) is 76.7 Å². The molecule has 1 heterocycles. The summed E-state index contributed by atoms with van der Waals surface area (Å²) in [5.74, 6) is 0.301. The fourth-order valence-corrected chi connectivity index (χ4v) is 3.71. The van der Waals surface area contributed by atoms with Gasteiger partial charge in [0.05, 0.1) is 17.7 Å². The zero-order valence-electron chi connectivity index (χ0n) is 19.5. The van der Waals surface area contributed by atoms with Gasteiger partial charge in [0.1, 0.15) is 12.4 Å². The van der Waals surface area contributed by atoms with Gasteiger partial charge in [0.25, 0.3) is 0 Å². The molecule has 0 fully saturated rings. The number of ether oxygens (including phenoxy) is 2. The quantitative estimate of drug-likeness (QED) is 0.555. The van der Waals surface area contributed by atoms with E-state index < -0.39 is 12.0 Å². The number of nitrogens with one attached hydrogen (secondary N) is 2. The van der Waals surface area contributed by atoms with Gasteiger partial charge in [0, 0.05) is 5.70 Å². The Morgan fingerprint density at radius 2 is 1.81 bits per heavy atom. The third-order valence-electron chi connectivity index (χ3n) is 5.33. The number of carbonyl (C=O) groups excluding carboxylic acids is 2. The predicted octanol–water partition coefficient (Wildman–Crippen LogP) is 5.24. The number of esters is 1. The Hall–Kier alpha value is -3.28. The van der Waals surface area contributed by atoms with Crippen molar-refractivity contribution >= 4 is 12.0 Å². The Bertz CT molecular complexity index is 1010. The highest BCUT2D eigenvalue weighted by Gasteiger charge is 2.33. The molecule has 1 aliphatic rings. The summed E-state index contributed by atoms with van der Waals surface area (Å²) in [6.07, 6.45) is 1.13. The lowest BCUT2D eigenvalue weighted by molar-refractivity contribution is -0.143. The van der Waals surface area contributed by atoms with Crippen LogP contribution in [0.15, 0.2) is 53.7 Å². The maximum Gasteiger partial charge on any atom is 0.338 e. The Balaban J connectivity index is 1.83. The fourth-order valence-electron chi connectivity index (χ4n) is 3.71. The molecule has 3 rings (SSSR count). The number of amides is 2. The number of allylic oxidation sites excluding steroid dienone is 1. The first kappa shape index (κ1) is 23.4. The molecule has 32 heavy (non-hydrogen) atoms. The van der Waals surface area contributed by atoms with E-state index in [0.29, 0.717) is 24.3 Å². The van der Waals surface area contributed by atoms with Crippen molar-refractivity contribution in [1.29, 1.82) is 0 Å². The van der Waals surface area contributed by atoms with Crippen LogP contribution in [-0.2, 0) is 16.1 Å². The molecule has 2 amide bonds. The van der Waals surface area contributed by atoms with Crippen LogP contribution in [0, 0.1) is 13.8 Å². The molecule has 0 saturated carbocycles. The molecular weight excluding hydrogens is 404 g/mol. The zero-order valence-corrected chi connectivity index (χ0v) is 19.5. The number of carbonyl (C=O) groups is 2. The second-order valence-electron chi connectivity index (χ2n) is 8.42. The summed E-state index contributed by atoms with van der Waals surface area (Å²) in [6.45, 7) is 10.2. The highest BCUT2D eigenvalue weighted by atomic mass is 16.5. The molecule has 6 nitrogen and oxygen atoms in total. The van der Waals surface area contributed by atoms with Crippen LogP contribution in [0.4, 0.5) is 4.79 Å². The maximum absolute atomic E-state index is 12.9. The Labute approximate surface area is 190 Å². The number of urea groups is 1. The number of benzene rings is 2. The smallest absolute Gasteiger partial charge is 0.338 e. The van der Waals surface area contributed by atoms with E-state index in [0.717, 1.165) is 23.3 Å². The van der Waals surface area contributed by atoms with Crippen molar-refractivity contribution in [3.05, 3.63) is 76.0 Å². The van der Waals surface area contributed by atoms with Crippen LogP contribution in [0.1, 0.15) is 61.9 Å². The van der Waals surface area contributed by atoms with Crippen LogP contribution < -0.4 is 15.4 Å². The van der Waals surface area contributed by atoms with Crippen molar-refractivity contribution in [2.45, 2.75) is 66.2 Å². The molecular formula is C26H32N2O4. The zero-order chi connectivity index (χ0) is 23.3. The van der Waals surface area contributed by atoms with Gasteiger partial charge in [-0.15, -0.1) is 0 Å². The molecule has 2 aromatic rings. The molecule has 0 saturated heterocycles. The number of rotatable bonds is 8. The summed E-state index contributed by atoms with van der Waals surface area (Å²) in [7, 11) is 0. The average molecular weight is 437 g/mol. The monoisotopic (exact) mass is 436 g/mol. The van der Waals surface area contributed by atoms with E-state index in [1.54, 1.807) is 0 Å². The summed E-state index contributed by atoms with van der Waals surface area (Å²) in [5, 5.41) is 5.65. The predicted molar refractivity (Wildman–Crippen MR) is 124 cm³/mol. The summed E-state index contributed by atoms with van der Waals surface area (Å²) in [6, 6.07) is 12.9. The third-order valence-corrected chi connectivity index (χ3v) is 5.33. The minimum absolute atomic E-state index is 0.253. The highest BCUT2D eigenvalue weighted by Crippen LogP contribution is 2.31. The fraction of sp³-hybridized carbons (Fsp3) is 0.385. The Morgan fingerprint density at radius 3 is 2.47 bits per heavy atom. The normalized spacial score (nSPS) is 15.9. The molecule has 1 unspecified atom stereocenters. The summed E-state index contributed by atoms with van der Waals surface area (Å²) in [5.41, 5.74) is 5.38. The van der Waals surface area contributed by atoms with Gasteiger partial charge in [-0.2, -0.15) is 0 Å². The van der Waals surface area contributed by atoms with Gasteiger partial charge in [0.2, 0.25) is 0 Å². The van der Waals surface area contributed by atoms with Crippen molar-refractivity contribution in [2.75, 3.05) is 0 Å². The van der Waals surface area contributed by atoms with Crippen LogP contribution in [0.3, 0.4) is 0 Å². The minimum atomic E-state index is -0.579. The first-order chi connectivity index (χ1) is 15.3. The first-order valence-electron chi connectivity index (χ1n) is 11.1. The molecule has 1 atom stereocenters. The molecule has 2 aromatic carbocycles. The number of hydrogen-bond acceptors (Lipinski definition) is 4. The van der Waals surface area contributed by atoms with E-state index in [1.165, 1.54) is 11.1 Å². The van der Waals surface area contributed by atoms with E-state index in [-0.39, 0.29) is 12.1 Å². The molecule has 0 bridgehead atoms. The highest BCUT2D eigenvalue weighted by molar-refractivity contribution is 5.95. The van der Waals surface area contributed by atoms with E-state index in [1.807, 2.05) is 45.0 Å². The van der Waals surface area contributed by atoms with E-state index >= 15 is 0 Å². The van der Waals surface area contributed by atoms with Gasteiger partial charge in [-0.25, -0.2) is 9.59 Å². The second kappa shape index (κ2) is 10.4. The minimum Gasteiger partial charge on any atom is -0.489 e. The summed E-state index contributed by atoms with van der Waals surface area (Å²) in [4.78, 5) is 25.1. The summed E-state index contributed by atoms with van der Waals surface area (Å²) >= 11 is 0. The Morgan fingerprint density at radius 1 is 1.09 bits per heavy atom. The summed E-state index contributed by atoms with van der Waals surface area (Å²) < 4.78 is 11.4. The largest absolute Gasteiger partial charge is 0.489 e. The van der Waals surface area contributed by atoms with Crippen LogP contribution in [0.25, 0.3) is 0 Å². The lowest BCUT2D eigenvalue weighted by Crippen LogP contribution is -2.46. The molecule has 0 spiro atoms. The molecule has 0 aliphatic carbocycles. The van der Waals surface area contributed by atoms with Crippen molar-refractivity contribution < 1.29 is 19.1 Å². The van der Waals surface area contributed by atoms with Crippen molar-refractivity contribution in [3.8, 4) is 5.75 Å². The standard InChI is InChI=1S/C26H32N2O4/c1-6-7-22-23(25(29)32-16(2)3)24(28-26(30)27-22)19-10-12-21(13-11-19)31-15-20-14-17(4)8-9-18(20)5/h8-14,16,24H,6-7,15H2,1-5H3,(H2,27,28,30). The number of hydrogen-bond donors (Lipinski definition) is 2. The van der Waals surface area contributed by atoms with Gasteiger partial charge in [0.15, 0.2) is 0 Å². The number of aryl methyl sites for hydroxylation is 2. The van der Waals surface area contributed by atoms with Crippen LogP contribution in [0.5, 0.6) is 5.75 Å². The van der Waals surface area contributed by atoms with Crippen molar-refractivity contribution in [2.24, 2.45) is 0 Å². The van der Waals surface area contributed by atoms with E-state index in [9.17, 15) is 9.59 Å². The van der Waals surface area contributed by atoms with E-state index in [4.69, 9.17) is 9.47 Å². The van der Waals surface area contributed by atoms with Crippen LogP contribution >= 0.6 is 0 Å². The maximum atomic E-state index is 12.9. The molecule has 2 N–H and O–H groups in total. The van der Waals surface area contributed by atoms with Crippen LogP contribution in [0.2, 0.25) is 0 Å². The van der Waals surface area contributed by atoms with Crippen LogP contribution in [-0.4, -0.2) is 18.1 Å². The second-order valence-corrected chi connectivity index (χ2v) is 8.42. The molecule has 0 radical (unpaired) electrons. The lowest BCUT2D eigenvalue weighted by Gasteiger charge is -2.30. The Kier molecular flexibility index (Phi) is 7.57.